The Kier molecular flexibility index (Phi) is 5.84. The Bertz CT molecular complexity index is 1050. The van der Waals surface area contributed by atoms with E-state index in [2.05, 4.69) is 5.32 Å². The standard InChI is InChI=1S/C23H28N2O4S/c1-16-10-11-18(30(27,28)25-13-6-5-7-17(25)2)15-20(16)23(26)24-21-12-14-29-22-9-4-3-8-19(21)22/h3-4,8-11,15,17,21H,5-7,12-14H2,1-2H3,(H,24,26). The summed E-state index contributed by atoms with van der Waals surface area (Å²) >= 11 is 0. The van der Waals surface area contributed by atoms with E-state index in [1.165, 1.54) is 6.07 Å². The number of aryl methyl sites for hydroxylation is 1. The van der Waals surface area contributed by atoms with E-state index < -0.39 is 10.0 Å². The molecule has 0 bridgehead atoms. The molecule has 0 aromatic heterocycles. The van der Waals surface area contributed by atoms with E-state index in [9.17, 15) is 13.2 Å². The Balaban J connectivity index is 1.60. The van der Waals surface area contributed by atoms with Crippen LogP contribution in [-0.4, -0.2) is 37.8 Å². The minimum Gasteiger partial charge on any atom is -0.493 e. The molecule has 4 rings (SSSR count). The van der Waals surface area contributed by atoms with E-state index in [0.717, 1.165) is 36.1 Å². The fourth-order valence-electron chi connectivity index (χ4n) is 4.30. The zero-order chi connectivity index (χ0) is 21.3. The third-order valence-corrected chi connectivity index (χ3v) is 8.08. The lowest BCUT2D eigenvalue weighted by Crippen LogP contribution is -2.42. The van der Waals surface area contributed by atoms with Gasteiger partial charge in [0.25, 0.3) is 5.91 Å². The summed E-state index contributed by atoms with van der Waals surface area (Å²) < 4.78 is 33.7. The van der Waals surface area contributed by atoms with Gasteiger partial charge in [0.15, 0.2) is 0 Å². The molecule has 1 N–H and O–H groups in total. The molecule has 2 heterocycles. The Hall–Kier alpha value is -2.38. The van der Waals surface area contributed by atoms with Crippen molar-refractivity contribution in [2.24, 2.45) is 0 Å². The van der Waals surface area contributed by atoms with Gasteiger partial charge in [0.1, 0.15) is 5.75 Å². The SMILES string of the molecule is Cc1ccc(S(=O)(=O)N2CCCCC2C)cc1C(=O)NC1CCOc2ccccc21. The third kappa shape index (κ3) is 3.96. The lowest BCUT2D eigenvalue weighted by molar-refractivity contribution is 0.0924. The van der Waals surface area contributed by atoms with Crippen molar-refractivity contribution in [1.82, 2.24) is 9.62 Å². The number of hydrogen-bond acceptors (Lipinski definition) is 4. The van der Waals surface area contributed by atoms with Crippen LogP contribution in [0.25, 0.3) is 0 Å². The monoisotopic (exact) mass is 428 g/mol. The van der Waals surface area contributed by atoms with Gasteiger partial charge in [-0.1, -0.05) is 30.7 Å². The van der Waals surface area contributed by atoms with Crippen LogP contribution in [0.1, 0.15) is 60.1 Å². The fraction of sp³-hybridized carbons (Fsp3) is 0.435. The molecular weight excluding hydrogens is 400 g/mol. The first-order valence-electron chi connectivity index (χ1n) is 10.5. The zero-order valence-electron chi connectivity index (χ0n) is 17.4. The van der Waals surface area contributed by atoms with Crippen molar-refractivity contribution in [1.29, 1.82) is 0 Å². The first-order chi connectivity index (χ1) is 14.4. The Morgan fingerprint density at radius 2 is 1.93 bits per heavy atom. The molecule has 0 aliphatic carbocycles. The highest BCUT2D eigenvalue weighted by molar-refractivity contribution is 7.89. The molecule has 1 fully saturated rings. The van der Waals surface area contributed by atoms with E-state index in [1.807, 2.05) is 38.1 Å². The maximum absolute atomic E-state index is 13.2. The van der Waals surface area contributed by atoms with Gasteiger partial charge < -0.3 is 10.1 Å². The van der Waals surface area contributed by atoms with Crippen molar-refractivity contribution in [2.45, 2.75) is 56.5 Å². The van der Waals surface area contributed by atoms with Crippen LogP contribution in [-0.2, 0) is 10.0 Å². The molecule has 7 heteroatoms. The van der Waals surface area contributed by atoms with Gasteiger partial charge in [-0.3, -0.25) is 4.79 Å². The Labute approximate surface area is 178 Å². The maximum atomic E-state index is 13.2. The number of benzene rings is 2. The topological polar surface area (TPSA) is 75.7 Å². The van der Waals surface area contributed by atoms with Crippen molar-refractivity contribution in [3.05, 3.63) is 59.2 Å². The molecule has 6 nitrogen and oxygen atoms in total. The lowest BCUT2D eigenvalue weighted by Gasteiger charge is -2.32. The second kappa shape index (κ2) is 8.40. The molecule has 2 aromatic carbocycles. The normalized spacial score (nSPS) is 22.1. The second-order valence-electron chi connectivity index (χ2n) is 8.14. The van der Waals surface area contributed by atoms with Gasteiger partial charge >= 0.3 is 0 Å². The van der Waals surface area contributed by atoms with Crippen LogP contribution in [0.3, 0.4) is 0 Å². The average molecular weight is 429 g/mol. The molecule has 1 amide bonds. The largest absolute Gasteiger partial charge is 0.493 e. The summed E-state index contributed by atoms with van der Waals surface area (Å²) in [6.07, 6.45) is 3.44. The molecule has 0 radical (unpaired) electrons. The summed E-state index contributed by atoms with van der Waals surface area (Å²) in [6, 6.07) is 12.3. The molecule has 2 unspecified atom stereocenters. The first kappa shape index (κ1) is 20.9. The van der Waals surface area contributed by atoms with E-state index in [1.54, 1.807) is 16.4 Å². The summed E-state index contributed by atoms with van der Waals surface area (Å²) in [5.74, 6) is 0.513. The van der Waals surface area contributed by atoms with E-state index in [0.29, 0.717) is 25.1 Å². The summed E-state index contributed by atoms with van der Waals surface area (Å²) in [4.78, 5) is 13.3. The smallest absolute Gasteiger partial charge is 0.252 e. The van der Waals surface area contributed by atoms with Gasteiger partial charge in [0.05, 0.1) is 17.5 Å². The molecule has 30 heavy (non-hydrogen) atoms. The first-order valence-corrected chi connectivity index (χ1v) is 12.0. The summed E-state index contributed by atoms with van der Waals surface area (Å²) in [7, 11) is -3.63. The molecule has 1 saturated heterocycles. The quantitative estimate of drug-likeness (QED) is 0.803. The number of carbonyl (C=O) groups excluding carboxylic acids is 1. The minimum atomic E-state index is -3.63. The van der Waals surface area contributed by atoms with Crippen LogP contribution in [0, 0.1) is 6.92 Å². The number of hydrogen-bond donors (Lipinski definition) is 1. The zero-order valence-corrected chi connectivity index (χ0v) is 18.2. The average Bonchev–Trinajstić information content (AvgIpc) is 2.74. The number of fused-ring (bicyclic) bond motifs is 1. The Morgan fingerprint density at radius 3 is 2.73 bits per heavy atom. The van der Waals surface area contributed by atoms with Gasteiger partial charge in [-0.2, -0.15) is 4.31 Å². The van der Waals surface area contributed by atoms with E-state index >= 15 is 0 Å². The van der Waals surface area contributed by atoms with Crippen LogP contribution in [0.15, 0.2) is 47.4 Å². The van der Waals surface area contributed by atoms with Crippen molar-refractivity contribution >= 4 is 15.9 Å². The predicted molar refractivity (Wildman–Crippen MR) is 115 cm³/mol. The number of ether oxygens (including phenoxy) is 1. The molecule has 160 valence electrons. The van der Waals surface area contributed by atoms with Crippen molar-refractivity contribution in [2.75, 3.05) is 13.2 Å². The highest BCUT2D eigenvalue weighted by Crippen LogP contribution is 2.32. The number of nitrogens with one attached hydrogen (secondary N) is 1. The van der Waals surface area contributed by atoms with Crippen LogP contribution < -0.4 is 10.1 Å². The van der Waals surface area contributed by atoms with E-state index in [4.69, 9.17) is 4.74 Å². The van der Waals surface area contributed by atoms with Crippen LogP contribution in [0.4, 0.5) is 0 Å². The molecule has 2 atom stereocenters. The van der Waals surface area contributed by atoms with Crippen LogP contribution in [0.2, 0.25) is 0 Å². The number of carbonyl (C=O) groups is 1. The predicted octanol–water partition coefficient (Wildman–Crippen LogP) is 3.81. The van der Waals surface area contributed by atoms with E-state index in [-0.39, 0.29) is 22.9 Å². The summed E-state index contributed by atoms with van der Waals surface area (Å²) in [5.41, 5.74) is 2.09. The van der Waals surface area contributed by atoms with Gasteiger partial charge in [-0.25, -0.2) is 8.42 Å². The summed E-state index contributed by atoms with van der Waals surface area (Å²) in [6.45, 7) is 4.83. The molecule has 0 spiro atoms. The van der Waals surface area contributed by atoms with Crippen LogP contribution in [0.5, 0.6) is 5.75 Å². The molecule has 2 aromatic rings. The number of para-hydroxylation sites is 1. The minimum absolute atomic E-state index is 0.0268. The number of nitrogens with zero attached hydrogens (tertiary/aromatic N) is 1. The Morgan fingerprint density at radius 1 is 1.13 bits per heavy atom. The van der Waals surface area contributed by atoms with Crippen molar-refractivity contribution in [3.63, 3.8) is 0 Å². The van der Waals surface area contributed by atoms with Gasteiger partial charge in [-0.15, -0.1) is 0 Å². The molecule has 2 aliphatic rings. The number of piperidine rings is 1. The molecular formula is C23H28N2O4S. The number of rotatable bonds is 4. The lowest BCUT2D eigenvalue weighted by atomic mass is 9.99. The van der Waals surface area contributed by atoms with Gasteiger partial charge in [0.2, 0.25) is 10.0 Å². The highest BCUT2D eigenvalue weighted by Gasteiger charge is 2.32. The fourth-order valence-corrected chi connectivity index (χ4v) is 6.02. The van der Waals surface area contributed by atoms with Gasteiger partial charge in [0, 0.05) is 30.1 Å². The van der Waals surface area contributed by atoms with Crippen molar-refractivity contribution < 1.29 is 17.9 Å². The van der Waals surface area contributed by atoms with Crippen molar-refractivity contribution in [3.8, 4) is 5.75 Å². The third-order valence-electron chi connectivity index (χ3n) is 6.07. The van der Waals surface area contributed by atoms with Crippen LogP contribution >= 0.6 is 0 Å². The maximum Gasteiger partial charge on any atom is 0.252 e. The number of sulfonamides is 1. The second-order valence-corrected chi connectivity index (χ2v) is 10.0. The molecule has 0 saturated carbocycles. The highest BCUT2D eigenvalue weighted by atomic mass is 32.2. The molecule has 2 aliphatic heterocycles. The van der Waals surface area contributed by atoms with Gasteiger partial charge in [-0.05, 0) is 50.5 Å². The summed E-state index contributed by atoms with van der Waals surface area (Å²) in [5, 5.41) is 3.07. The number of amides is 1.